The summed E-state index contributed by atoms with van der Waals surface area (Å²) >= 11 is 1.59. The average Bonchev–Trinajstić information content (AvgIpc) is 3.11. The maximum Gasteiger partial charge on any atom is 0.335 e. The molecule has 2 heterocycles. The van der Waals surface area contributed by atoms with E-state index in [9.17, 15) is 4.79 Å². The molecule has 0 atom stereocenters. The fourth-order valence-corrected chi connectivity index (χ4v) is 3.01. The van der Waals surface area contributed by atoms with Crippen molar-refractivity contribution < 1.29 is 9.90 Å². The fourth-order valence-electron chi connectivity index (χ4n) is 2.42. The van der Waals surface area contributed by atoms with E-state index in [1.807, 2.05) is 17.0 Å². The molecule has 108 valence electrons. The van der Waals surface area contributed by atoms with Crippen molar-refractivity contribution in [3.63, 3.8) is 0 Å². The van der Waals surface area contributed by atoms with Crippen molar-refractivity contribution in [1.29, 1.82) is 0 Å². The molecule has 0 saturated carbocycles. The lowest BCUT2D eigenvalue weighted by Gasteiger charge is -2.07. The Morgan fingerprint density at radius 1 is 1.43 bits per heavy atom. The second-order valence-electron chi connectivity index (χ2n) is 4.77. The highest BCUT2D eigenvalue weighted by Gasteiger charge is 2.12. The van der Waals surface area contributed by atoms with Crippen molar-refractivity contribution in [2.45, 2.75) is 26.3 Å². The van der Waals surface area contributed by atoms with E-state index in [-0.39, 0.29) is 5.56 Å². The third kappa shape index (κ3) is 2.67. The summed E-state index contributed by atoms with van der Waals surface area (Å²) in [5, 5.41) is 11.1. The molecular weight excluding hydrogens is 286 g/mol. The summed E-state index contributed by atoms with van der Waals surface area (Å²) in [5.41, 5.74) is 4.90. The lowest BCUT2D eigenvalue weighted by molar-refractivity contribution is 0.0697. The quantitative estimate of drug-likeness (QED) is 0.786. The van der Waals surface area contributed by atoms with Crippen molar-refractivity contribution in [1.82, 2.24) is 14.5 Å². The van der Waals surface area contributed by atoms with Gasteiger partial charge in [-0.25, -0.2) is 14.8 Å². The number of aryl methyl sites for hydroxylation is 3. The first-order chi connectivity index (χ1) is 10.2. The van der Waals surface area contributed by atoms with Crippen LogP contribution >= 0.6 is 11.3 Å². The molecule has 0 aliphatic rings. The Kier molecular flexibility index (Phi) is 3.70. The smallest absolute Gasteiger partial charge is 0.335 e. The third-order valence-corrected chi connectivity index (χ3v) is 4.10. The number of hydrogen-bond acceptors (Lipinski definition) is 4. The second-order valence-corrected chi connectivity index (χ2v) is 5.49. The average molecular weight is 301 g/mol. The second kappa shape index (κ2) is 5.65. The molecule has 0 aliphatic heterocycles. The van der Waals surface area contributed by atoms with Crippen LogP contribution in [-0.2, 0) is 19.4 Å². The molecule has 0 bridgehead atoms. The highest BCUT2D eigenvalue weighted by Crippen LogP contribution is 2.19. The Hall–Kier alpha value is -2.21. The first-order valence-corrected chi connectivity index (χ1v) is 7.73. The van der Waals surface area contributed by atoms with Crippen molar-refractivity contribution in [2.75, 3.05) is 0 Å². The van der Waals surface area contributed by atoms with Gasteiger partial charge in [0.05, 0.1) is 27.8 Å². The molecular formula is C15H15N3O2S. The molecule has 0 fully saturated rings. The van der Waals surface area contributed by atoms with Gasteiger partial charge in [-0.15, -0.1) is 11.3 Å². The molecule has 3 aromatic rings. The number of rotatable bonds is 5. The van der Waals surface area contributed by atoms with Crippen LogP contribution in [0.5, 0.6) is 0 Å². The zero-order valence-corrected chi connectivity index (χ0v) is 12.4. The Bertz CT molecular complexity index is 778. The maximum atomic E-state index is 11.0. The molecule has 0 amide bonds. The molecule has 21 heavy (non-hydrogen) atoms. The van der Waals surface area contributed by atoms with E-state index in [1.54, 1.807) is 23.5 Å². The number of aromatic carboxylic acids is 1. The molecule has 2 aromatic heterocycles. The van der Waals surface area contributed by atoms with Crippen LogP contribution in [0.3, 0.4) is 0 Å². The molecule has 5 nitrogen and oxygen atoms in total. The molecule has 0 saturated heterocycles. The van der Waals surface area contributed by atoms with Gasteiger partial charge in [0.2, 0.25) is 0 Å². The number of carboxylic acid groups (broad SMARTS) is 1. The molecule has 1 aromatic carbocycles. The fraction of sp³-hybridized carbons (Fsp3) is 0.267. The number of hydrogen-bond donors (Lipinski definition) is 1. The third-order valence-electron chi connectivity index (χ3n) is 3.47. The van der Waals surface area contributed by atoms with Crippen LogP contribution in [0.25, 0.3) is 11.0 Å². The van der Waals surface area contributed by atoms with Crippen LogP contribution < -0.4 is 0 Å². The zero-order valence-electron chi connectivity index (χ0n) is 11.6. The summed E-state index contributed by atoms with van der Waals surface area (Å²) in [6, 6.07) is 5.10. The van der Waals surface area contributed by atoms with Gasteiger partial charge in [-0.2, -0.15) is 0 Å². The van der Waals surface area contributed by atoms with Gasteiger partial charge >= 0.3 is 5.97 Å². The highest BCUT2D eigenvalue weighted by atomic mass is 32.1. The Morgan fingerprint density at radius 3 is 2.95 bits per heavy atom. The van der Waals surface area contributed by atoms with E-state index < -0.39 is 5.97 Å². The largest absolute Gasteiger partial charge is 0.478 e. The van der Waals surface area contributed by atoms with Gasteiger partial charge in [-0.3, -0.25) is 0 Å². The predicted octanol–water partition coefficient (Wildman–Crippen LogP) is 3.00. The number of benzene rings is 1. The van der Waals surface area contributed by atoms with Crippen LogP contribution in [-0.4, -0.2) is 25.6 Å². The van der Waals surface area contributed by atoms with Crippen LogP contribution in [0.2, 0.25) is 0 Å². The summed E-state index contributed by atoms with van der Waals surface area (Å²) in [5.74, 6) is 0.0507. The molecule has 0 aliphatic carbocycles. The minimum Gasteiger partial charge on any atom is -0.478 e. The minimum absolute atomic E-state index is 0.273. The summed E-state index contributed by atoms with van der Waals surface area (Å²) in [7, 11) is 0. The standard InChI is InChI=1S/C15H15N3O2S/c1-2-14-17-12-7-10(15(19)20)3-4-13(12)18(14)6-5-11-8-21-9-16-11/h3-4,7-9H,2,5-6H2,1H3,(H,19,20). The first-order valence-electron chi connectivity index (χ1n) is 6.78. The molecule has 1 N–H and O–H groups in total. The van der Waals surface area contributed by atoms with E-state index in [0.717, 1.165) is 41.9 Å². The van der Waals surface area contributed by atoms with E-state index in [1.165, 1.54) is 0 Å². The van der Waals surface area contributed by atoms with E-state index in [0.29, 0.717) is 0 Å². The maximum absolute atomic E-state index is 11.0. The van der Waals surface area contributed by atoms with Crippen LogP contribution in [0, 0.1) is 0 Å². The molecule has 0 radical (unpaired) electrons. The Balaban J connectivity index is 1.97. The van der Waals surface area contributed by atoms with Crippen LogP contribution in [0.1, 0.15) is 28.8 Å². The van der Waals surface area contributed by atoms with Gasteiger partial charge in [0.15, 0.2) is 0 Å². The number of fused-ring (bicyclic) bond motifs is 1. The van der Waals surface area contributed by atoms with E-state index >= 15 is 0 Å². The molecule has 0 spiro atoms. The summed E-state index contributed by atoms with van der Waals surface area (Å²) in [4.78, 5) is 19.9. The number of aromatic nitrogens is 3. The minimum atomic E-state index is -0.924. The Labute approximate surface area is 125 Å². The van der Waals surface area contributed by atoms with Gasteiger partial charge in [-0.05, 0) is 18.2 Å². The van der Waals surface area contributed by atoms with Gasteiger partial charge in [0, 0.05) is 24.8 Å². The topological polar surface area (TPSA) is 68.0 Å². The SMILES string of the molecule is CCc1nc2cc(C(=O)O)ccc2n1CCc1cscn1. The van der Waals surface area contributed by atoms with Crippen molar-refractivity contribution in [3.05, 3.63) is 46.2 Å². The number of nitrogens with zero attached hydrogens (tertiary/aromatic N) is 3. The van der Waals surface area contributed by atoms with Gasteiger partial charge in [0.25, 0.3) is 0 Å². The lowest BCUT2D eigenvalue weighted by Crippen LogP contribution is -2.05. The first kappa shape index (κ1) is 13.8. The summed E-state index contributed by atoms with van der Waals surface area (Å²) < 4.78 is 2.15. The molecule has 6 heteroatoms. The predicted molar refractivity (Wildman–Crippen MR) is 81.9 cm³/mol. The zero-order chi connectivity index (χ0) is 14.8. The summed E-state index contributed by atoms with van der Waals surface area (Å²) in [6.07, 6.45) is 1.66. The normalized spacial score (nSPS) is 11.1. The van der Waals surface area contributed by atoms with Gasteiger partial charge in [0.1, 0.15) is 5.82 Å². The van der Waals surface area contributed by atoms with Crippen molar-refractivity contribution in [2.24, 2.45) is 0 Å². The lowest BCUT2D eigenvalue weighted by atomic mass is 10.2. The van der Waals surface area contributed by atoms with Crippen molar-refractivity contribution in [3.8, 4) is 0 Å². The summed E-state index contributed by atoms with van der Waals surface area (Å²) in [6.45, 7) is 2.86. The Morgan fingerprint density at radius 2 is 2.29 bits per heavy atom. The molecule has 0 unspecified atom stereocenters. The van der Waals surface area contributed by atoms with E-state index in [4.69, 9.17) is 5.11 Å². The van der Waals surface area contributed by atoms with Crippen LogP contribution in [0.4, 0.5) is 0 Å². The number of carboxylic acids is 1. The monoisotopic (exact) mass is 301 g/mol. The molecule has 3 rings (SSSR count). The van der Waals surface area contributed by atoms with Gasteiger partial charge in [-0.1, -0.05) is 6.92 Å². The number of carbonyl (C=O) groups is 1. The number of imidazole rings is 1. The van der Waals surface area contributed by atoms with Crippen molar-refractivity contribution >= 4 is 28.3 Å². The van der Waals surface area contributed by atoms with Crippen LogP contribution in [0.15, 0.2) is 29.1 Å². The highest BCUT2D eigenvalue weighted by molar-refractivity contribution is 7.07. The van der Waals surface area contributed by atoms with E-state index in [2.05, 4.69) is 21.5 Å². The number of thiazole rings is 1. The van der Waals surface area contributed by atoms with Gasteiger partial charge < -0.3 is 9.67 Å².